The summed E-state index contributed by atoms with van der Waals surface area (Å²) in [6.07, 6.45) is 2.69. The summed E-state index contributed by atoms with van der Waals surface area (Å²) in [6.45, 7) is 7.53. The quantitative estimate of drug-likeness (QED) is 0.876. The summed E-state index contributed by atoms with van der Waals surface area (Å²) in [5.41, 5.74) is 6.37. The number of nitrogens with one attached hydrogen (secondary N) is 1. The SMILES string of the molecule is CC(C)Nc1ncccc1C(=O)N1CC(CN)CC1C.Cl.Cl. The summed E-state index contributed by atoms with van der Waals surface area (Å²) in [6, 6.07) is 4.12. The highest BCUT2D eigenvalue weighted by molar-refractivity contribution is 5.99. The molecule has 1 aliphatic rings. The van der Waals surface area contributed by atoms with Crippen LogP contribution in [0.4, 0.5) is 5.82 Å². The minimum atomic E-state index is 0. The normalized spacial score (nSPS) is 20.3. The Morgan fingerprint density at radius 1 is 1.50 bits per heavy atom. The number of hydrogen-bond acceptors (Lipinski definition) is 4. The molecule has 0 aromatic carbocycles. The molecule has 2 rings (SSSR count). The van der Waals surface area contributed by atoms with Crippen LogP contribution in [0.15, 0.2) is 18.3 Å². The van der Waals surface area contributed by atoms with E-state index in [4.69, 9.17) is 5.73 Å². The van der Waals surface area contributed by atoms with Gasteiger partial charge in [-0.15, -0.1) is 24.8 Å². The summed E-state index contributed by atoms with van der Waals surface area (Å²) >= 11 is 0. The molecule has 3 N–H and O–H groups in total. The van der Waals surface area contributed by atoms with Gasteiger partial charge < -0.3 is 16.0 Å². The lowest BCUT2D eigenvalue weighted by Gasteiger charge is -2.23. The molecular formula is C15H26Cl2N4O. The second-order valence-electron chi connectivity index (χ2n) is 5.84. The van der Waals surface area contributed by atoms with Crippen LogP contribution in [0.25, 0.3) is 0 Å². The number of carbonyl (C=O) groups is 1. The first kappa shape index (κ1) is 21.0. The highest BCUT2D eigenvalue weighted by Gasteiger charge is 2.33. The van der Waals surface area contributed by atoms with Gasteiger partial charge in [0, 0.05) is 24.8 Å². The predicted molar refractivity (Wildman–Crippen MR) is 95.2 cm³/mol. The number of anilines is 1. The van der Waals surface area contributed by atoms with Crippen molar-refractivity contribution in [3.8, 4) is 0 Å². The zero-order valence-corrected chi connectivity index (χ0v) is 14.9. The Kier molecular flexibility index (Phi) is 8.74. The summed E-state index contributed by atoms with van der Waals surface area (Å²) in [7, 11) is 0. The molecule has 22 heavy (non-hydrogen) atoms. The van der Waals surface area contributed by atoms with Crippen LogP contribution in [0, 0.1) is 5.92 Å². The molecule has 1 amide bonds. The van der Waals surface area contributed by atoms with Crippen molar-refractivity contribution in [3.05, 3.63) is 23.9 Å². The van der Waals surface area contributed by atoms with Crippen LogP contribution in [-0.4, -0.2) is 41.0 Å². The van der Waals surface area contributed by atoms with Crippen molar-refractivity contribution in [2.45, 2.75) is 39.3 Å². The van der Waals surface area contributed by atoms with Gasteiger partial charge >= 0.3 is 0 Å². The number of aromatic nitrogens is 1. The standard InChI is InChI=1S/C15H24N4O.2ClH/c1-10(2)18-14-13(5-4-6-17-14)15(20)19-9-12(8-16)7-11(19)3;;/h4-6,10-12H,7-9,16H2,1-3H3,(H,17,18);2*1H. The number of nitrogens with two attached hydrogens (primary N) is 1. The Bertz CT molecular complexity index is 484. The lowest BCUT2D eigenvalue weighted by atomic mass is 10.1. The number of pyridine rings is 1. The molecule has 1 aromatic heterocycles. The molecule has 0 radical (unpaired) electrons. The Morgan fingerprint density at radius 2 is 2.18 bits per heavy atom. The van der Waals surface area contributed by atoms with Gasteiger partial charge in [-0.1, -0.05) is 0 Å². The van der Waals surface area contributed by atoms with Crippen molar-refractivity contribution in [1.82, 2.24) is 9.88 Å². The van der Waals surface area contributed by atoms with E-state index in [9.17, 15) is 4.79 Å². The molecule has 5 nitrogen and oxygen atoms in total. The summed E-state index contributed by atoms with van der Waals surface area (Å²) in [5.74, 6) is 1.12. The molecule has 0 saturated carbocycles. The number of likely N-dealkylation sites (tertiary alicyclic amines) is 1. The number of rotatable bonds is 4. The number of hydrogen-bond donors (Lipinski definition) is 2. The number of halogens is 2. The van der Waals surface area contributed by atoms with Crippen LogP contribution in [0.5, 0.6) is 0 Å². The fourth-order valence-electron chi connectivity index (χ4n) is 2.72. The average molecular weight is 349 g/mol. The van der Waals surface area contributed by atoms with Crippen LogP contribution in [-0.2, 0) is 0 Å². The molecule has 0 spiro atoms. The van der Waals surface area contributed by atoms with E-state index in [1.807, 2.05) is 24.8 Å². The zero-order valence-electron chi connectivity index (χ0n) is 13.3. The minimum Gasteiger partial charge on any atom is -0.367 e. The van der Waals surface area contributed by atoms with Gasteiger partial charge in [0.2, 0.25) is 0 Å². The molecule has 2 heterocycles. The largest absolute Gasteiger partial charge is 0.367 e. The topological polar surface area (TPSA) is 71.2 Å². The highest BCUT2D eigenvalue weighted by Crippen LogP contribution is 2.26. The van der Waals surface area contributed by atoms with Crippen LogP contribution >= 0.6 is 24.8 Å². The maximum Gasteiger partial charge on any atom is 0.257 e. The second-order valence-corrected chi connectivity index (χ2v) is 5.84. The fraction of sp³-hybridized carbons (Fsp3) is 0.600. The van der Waals surface area contributed by atoms with Gasteiger partial charge in [0.05, 0.1) is 5.56 Å². The number of carbonyl (C=O) groups excluding carboxylic acids is 1. The monoisotopic (exact) mass is 348 g/mol. The summed E-state index contributed by atoms with van der Waals surface area (Å²) in [4.78, 5) is 18.9. The second kappa shape index (κ2) is 9.18. The van der Waals surface area contributed by atoms with Gasteiger partial charge in [0.1, 0.15) is 5.82 Å². The smallest absolute Gasteiger partial charge is 0.257 e. The van der Waals surface area contributed by atoms with Gasteiger partial charge in [-0.25, -0.2) is 4.98 Å². The third-order valence-corrected chi connectivity index (χ3v) is 3.72. The van der Waals surface area contributed by atoms with Crippen LogP contribution in [0.1, 0.15) is 37.6 Å². The van der Waals surface area contributed by atoms with Crippen molar-refractivity contribution in [1.29, 1.82) is 0 Å². The molecule has 1 fully saturated rings. The van der Waals surface area contributed by atoms with Crippen molar-refractivity contribution < 1.29 is 4.79 Å². The third kappa shape index (κ3) is 4.73. The van der Waals surface area contributed by atoms with E-state index >= 15 is 0 Å². The van der Waals surface area contributed by atoms with Gasteiger partial charge in [0.25, 0.3) is 5.91 Å². The lowest BCUT2D eigenvalue weighted by Crippen LogP contribution is -2.35. The molecule has 126 valence electrons. The van der Waals surface area contributed by atoms with E-state index in [0.29, 0.717) is 23.8 Å². The third-order valence-electron chi connectivity index (χ3n) is 3.72. The van der Waals surface area contributed by atoms with Crippen molar-refractivity contribution in [2.24, 2.45) is 11.7 Å². The van der Waals surface area contributed by atoms with Gasteiger partial charge in [0.15, 0.2) is 0 Å². The first-order chi connectivity index (χ1) is 9.52. The molecule has 0 aliphatic carbocycles. The number of amides is 1. The maximum absolute atomic E-state index is 12.7. The van der Waals surface area contributed by atoms with Crippen LogP contribution in [0.3, 0.4) is 0 Å². The van der Waals surface area contributed by atoms with Gasteiger partial charge in [-0.2, -0.15) is 0 Å². The van der Waals surface area contributed by atoms with Crippen molar-refractivity contribution >= 4 is 36.5 Å². The van der Waals surface area contributed by atoms with E-state index in [1.165, 1.54) is 0 Å². The van der Waals surface area contributed by atoms with E-state index in [-0.39, 0.29) is 42.8 Å². The molecule has 1 aliphatic heterocycles. The van der Waals surface area contributed by atoms with Crippen molar-refractivity contribution in [3.63, 3.8) is 0 Å². The van der Waals surface area contributed by atoms with E-state index in [1.54, 1.807) is 12.3 Å². The van der Waals surface area contributed by atoms with Crippen LogP contribution < -0.4 is 11.1 Å². The Labute approximate surface area is 144 Å². The average Bonchev–Trinajstić information content (AvgIpc) is 2.79. The first-order valence-electron chi connectivity index (χ1n) is 7.25. The maximum atomic E-state index is 12.7. The molecule has 1 saturated heterocycles. The predicted octanol–water partition coefficient (Wildman–Crippen LogP) is 2.55. The van der Waals surface area contributed by atoms with E-state index < -0.39 is 0 Å². The molecule has 1 aromatic rings. The van der Waals surface area contributed by atoms with E-state index in [2.05, 4.69) is 17.2 Å². The Morgan fingerprint density at radius 3 is 2.73 bits per heavy atom. The summed E-state index contributed by atoms with van der Waals surface area (Å²) in [5, 5.41) is 3.23. The summed E-state index contributed by atoms with van der Waals surface area (Å²) < 4.78 is 0. The minimum absolute atomic E-state index is 0. The van der Waals surface area contributed by atoms with Crippen molar-refractivity contribution in [2.75, 3.05) is 18.4 Å². The van der Waals surface area contributed by atoms with Gasteiger partial charge in [-0.05, 0) is 51.8 Å². The highest BCUT2D eigenvalue weighted by atomic mass is 35.5. The molecule has 7 heteroatoms. The first-order valence-corrected chi connectivity index (χ1v) is 7.25. The molecule has 2 unspecified atom stereocenters. The van der Waals surface area contributed by atoms with Gasteiger partial charge in [-0.3, -0.25) is 4.79 Å². The number of nitrogens with zero attached hydrogens (tertiary/aromatic N) is 2. The Hall–Kier alpha value is -1.04. The molecule has 0 bridgehead atoms. The van der Waals surface area contributed by atoms with E-state index in [0.717, 1.165) is 13.0 Å². The zero-order chi connectivity index (χ0) is 14.7. The fourth-order valence-corrected chi connectivity index (χ4v) is 2.72. The Balaban J connectivity index is 0.00000220. The van der Waals surface area contributed by atoms with Crippen LogP contribution in [0.2, 0.25) is 0 Å². The lowest BCUT2D eigenvalue weighted by molar-refractivity contribution is 0.0744. The molecular weight excluding hydrogens is 323 g/mol. The molecule has 2 atom stereocenters.